The summed E-state index contributed by atoms with van der Waals surface area (Å²) >= 11 is 1.38. The maximum absolute atomic E-state index is 11.8. The zero-order valence-corrected chi connectivity index (χ0v) is 13.9. The number of para-hydroxylation sites is 2. The number of furan rings is 1. The fraction of sp³-hybridized carbons (Fsp3) is 0.118. The molecular weight excluding hydrogens is 324 g/mol. The number of thioether (sulfide) groups is 1. The van der Waals surface area contributed by atoms with Crippen LogP contribution in [-0.2, 0) is 11.8 Å². The molecule has 1 amide bonds. The van der Waals surface area contributed by atoms with Gasteiger partial charge in [-0.15, -0.1) is 0 Å². The zero-order chi connectivity index (χ0) is 16.8. The second kappa shape index (κ2) is 7.65. The molecule has 0 unspecified atom stereocenters. The van der Waals surface area contributed by atoms with Crippen LogP contribution >= 0.6 is 11.8 Å². The molecule has 0 radical (unpaired) electrons. The van der Waals surface area contributed by atoms with Crippen LogP contribution in [0, 0.1) is 0 Å². The second-order valence-corrected chi connectivity index (χ2v) is 5.86. The summed E-state index contributed by atoms with van der Waals surface area (Å²) < 4.78 is 7.11. The number of nitrogens with zero attached hydrogens (tertiary/aromatic N) is 3. The lowest BCUT2D eigenvalue weighted by molar-refractivity contribution is -0.118. The normalized spacial score (nSPS) is 11.7. The summed E-state index contributed by atoms with van der Waals surface area (Å²) in [5, 5.41) is 4.65. The van der Waals surface area contributed by atoms with E-state index in [-0.39, 0.29) is 11.7 Å². The summed E-state index contributed by atoms with van der Waals surface area (Å²) in [5.41, 5.74) is 4.44. The number of amides is 1. The molecule has 6 nitrogen and oxygen atoms in total. The van der Waals surface area contributed by atoms with Crippen molar-refractivity contribution in [3.8, 4) is 0 Å². The van der Waals surface area contributed by atoms with Crippen molar-refractivity contribution in [1.29, 1.82) is 0 Å². The lowest BCUT2D eigenvalue weighted by atomic mass is 10.3. The van der Waals surface area contributed by atoms with E-state index in [4.69, 9.17) is 4.42 Å². The van der Waals surface area contributed by atoms with Crippen LogP contribution in [0.3, 0.4) is 0 Å². The van der Waals surface area contributed by atoms with Gasteiger partial charge in [-0.3, -0.25) is 4.79 Å². The van der Waals surface area contributed by atoms with Gasteiger partial charge in [0, 0.05) is 13.3 Å². The summed E-state index contributed by atoms with van der Waals surface area (Å²) in [6.45, 7) is 0. The number of fused-ring (bicyclic) bond motifs is 1. The number of hydrogen-bond acceptors (Lipinski definition) is 5. The molecule has 0 aliphatic rings. The van der Waals surface area contributed by atoms with Gasteiger partial charge < -0.3 is 8.98 Å². The number of hydrogen-bond donors (Lipinski definition) is 1. The molecule has 0 fully saturated rings. The van der Waals surface area contributed by atoms with E-state index in [1.54, 1.807) is 24.5 Å². The number of benzene rings is 1. The fourth-order valence-electron chi connectivity index (χ4n) is 2.09. The topological polar surface area (TPSA) is 72.4 Å². The number of carbonyl (C=O) groups excluding carboxylic acids is 1. The van der Waals surface area contributed by atoms with E-state index in [1.165, 1.54) is 18.0 Å². The van der Waals surface area contributed by atoms with Crippen LogP contribution in [0.5, 0.6) is 0 Å². The van der Waals surface area contributed by atoms with Gasteiger partial charge in [0.15, 0.2) is 5.16 Å². The second-order valence-electron chi connectivity index (χ2n) is 4.92. The van der Waals surface area contributed by atoms with Gasteiger partial charge in [0.1, 0.15) is 5.76 Å². The standard InChI is InChI=1S/C17H16N4O2S/c1-21-15-9-3-2-8-14(15)19-17(21)24-12-16(22)20-18-10-4-6-13-7-5-11-23-13/h2-11H,12H2,1H3,(H,20,22)/b6-4-,18-10?. The predicted molar refractivity (Wildman–Crippen MR) is 95.8 cm³/mol. The zero-order valence-electron chi connectivity index (χ0n) is 13.0. The van der Waals surface area contributed by atoms with Crippen LogP contribution in [0.4, 0.5) is 0 Å². The molecule has 0 bridgehead atoms. The first kappa shape index (κ1) is 16.1. The van der Waals surface area contributed by atoms with Gasteiger partial charge in [0.05, 0.1) is 23.0 Å². The Bertz CT molecular complexity index is 881. The Morgan fingerprint density at radius 2 is 2.25 bits per heavy atom. The lowest BCUT2D eigenvalue weighted by Gasteiger charge is -2.01. The summed E-state index contributed by atoms with van der Waals surface area (Å²) in [6.07, 6.45) is 6.54. The van der Waals surface area contributed by atoms with Crippen LogP contribution in [0.2, 0.25) is 0 Å². The molecule has 3 rings (SSSR count). The number of allylic oxidation sites excluding steroid dienone is 1. The van der Waals surface area contributed by atoms with Crippen LogP contribution < -0.4 is 5.43 Å². The number of carbonyl (C=O) groups is 1. The van der Waals surface area contributed by atoms with Crippen molar-refractivity contribution >= 4 is 41.0 Å². The minimum Gasteiger partial charge on any atom is -0.465 e. The van der Waals surface area contributed by atoms with Crippen molar-refractivity contribution in [3.05, 3.63) is 54.5 Å². The molecule has 122 valence electrons. The molecular formula is C17H16N4O2S. The van der Waals surface area contributed by atoms with Gasteiger partial charge in [-0.1, -0.05) is 23.9 Å². The number of hydrazone groups is 1. The molecule has 0 aliphatic carbocycles. The minimum atomic E-state index is -0.185. The lowest BCUT2D eigenvalue weighted by Crippen LogP contribution is -2.19. The Kier molecular flexibility index (Phi) is 5.12. The van der Waals surface area contributed by atoms with Gasteiger partial charge in [0.25, 0.3) is 5.91 Å². The summed E-state index contributed by atoms with van der Waals surface area (Å²) in [7, 11) is 1.94. The van der Waals surface area contributed by atoms with E-state index in [1.807, 2.05) is 41.9 Å². The number of imidazole rings is 1. The highest BCUT2D eigenvalue weighted by Crippen LogP contribution is 2.22. The molecule has 7 heteroatoms. The first-order chi connectivity index (χ1) is 11.7. The first-order valence-electron chi connectivity index (χ1n) is 7.30. The monoisotopic (exact) mass is 340 g/mol. The SMILES string of the molecule is Cn1c(SCC(=O)NN=C/C=C\c2ccco2)nc2ccccc21. The summed E-state index contributed by atoms with van der Waals surface area (Å²) in [4.78, 5) is 16.3. The van der Waals surface area contributed by atoms with Gasteiger partial charge in [-0.05, 0) is 36.4 Å². The van der Waals surface area contributed by atoms with Gasteiger partial charge >= 0.3 is 0 Å². The average Bonchev–Trinajstić information content (AvgIpc) is 3.21. The molecule has 0 atom stereocenters. The Labute approximate surface area is 143 Å². The molecule has 2 aromatic heterocycles. The van der Waals surface area contributed by atoms with Crippen molar-refractivity contribution in [2.24, 2.45) is 12.1 Å². The van der Waals surface area contributed by atoms with E-state index in [9.17, 15) is 4.79 Å². The third kappa shape index (κ3) is 3.94. The average molecular weight is 340 g/mol. The van der Waals surface area contributed by atoms with E-state index >= 15 is 0 Å². The van der Waals surface area contributed by atoms with Gasteiger partial charge in [-0.25, -0.2) is 10.4 Å². The smallest absolute Gasteiger partial charge is 0.250 e. The third-order valence-electron chi connectivity index (χ3n) is 3.23. The Hall–Kier alpha value is -2.80. The molecule has 24 heavy (non-hydrogen) atoms. The summed E-state index contributed by atoms with van der Waals surface area (Å²) in [5.74, 6) is 0.788. The molecule has 1 N–H and O–H groups in total. The van der Waals surface area contributed by atoms with Crippen molar-refractivity contribution in [1.82, 2.24) is 15.0 Å². The van der Waals surface area contributed by atoms with Crippen LogP contribution in [0.25, 0.3) is 17.1 Å². The Balaban J connectivity index is 1.49. The summed E-state index contributed by atoms with van der Waals surface area (Å²) in [6, 6.07) is 11.5. The van der Waals surface area contributed by atoms with Crippen molar-refractivity contribution in [3.63, 3.8) is 0 Å². The van der Waals surface area contributed by atoms with Gasteiger partial charge in [-0.2, -0.15) is 5.10 Å². The third-order valence-corrected chi connectivity index (χ3v) is 4.26. The van der Waals surface area contributed by atoms with E-state index in [2.05, 4.69) is 15.5 Å². The molecule has 0 aliphatic heterocycles. The van der Waals surface area contributed by atoms with Crippen molar-refractivity contribution < 1.29 is 9.21 Å². The molecule has 1 aromatic carbocycles. The maximum atomic E-state index is 11.8. The largest absolute Gasteiger partial charge is 0.465 e. The Morgan fingerprint density at radius 3 is 3.04 bits per heavy atom. The van der Waals surface area contributed by atoms with Crippen molar-refractivity contribution in [2.45, 2.75) is 5.16 Å². The highest BCUT2D eigenvalue weighted by atomic mass is 32.2. The molecule has 0 saturated carbocycles. The van der Waals surface area contributed by atoms with Crippen LogP contribution in [-0.4, -0.2) is 27.4 Å². The van der Waals surface area contributed by atoms with E-state index < -0.39 is 0 Å². The van der Waals surface area contributed by atoms with Crippen molar-refractivity contribution in [2.75, 3.05) is 5.75 Å². The molecule has 2 heterocycles. The minimum absolute atomic E-state index is 0.185. The van der Waals surface area contributed by atoms with Crippen LogP contribution in [0.1, 0.15) is 5.76 Å². The number of nitrogens with one attached hydrogen (secondary N) is 1. The number of aryl methyl sites for hydroxylation is 1. The highest BCUT2D eigenvalue weighted by Gasteiger charge is 2.09. The molecule has 0 saturated heterocycles. The highest BCUT2D eigenvalue weighted by molar-refractivity contribution is 7.99. The molecule has 3 aromatic rings. The van der Waals surface area contributed by atoms with E-state index in [0.717, 1.165) is 22.0 Å². The fourth-order valence-corrected chi connectivity index (χ4v) is 2.87. The number of aromatic nitrogens is 2. The number of rotatable bonds is 6. The quantitative estimate of drug-likeness (QED) is 0.425. The molecule has 0 spiro atoms. The van der Waals surface area contributed by atoms with E-state index in [0.29, 0.717) is 0 Å². The maximum Gasteiger partial charge on any atom is 0.250 e. The Morgan fingerprint density at radius 1 is 1.38 bits per heavy atom. The predicted octanol–water partition coefficient (Wildman–Crippen LogP) is 3.07. The van der Waals surface area contributed by atoms with Gasteiger partial charge in [0.2, 0.25) is 0 Å². The van der Waals surface area contributed by atoms with Crippen LogP contribution in [0.15, 0.2) is 63.4 Å². The first-order valence-corrected chi connectivity index (χ1v) is 8.29.